The summed E-state index contributed by atoms with van der Waals surface area (Å²) < 4.78 is 0. The van der Waals surface area contributed by atoms with Gasteiger partial charge in [-0.15, -0.1) is 0 Å². The van der Waals surface area contributed by atoms with E-state index in [4.69, 9.17) is 0 Å². The fourth-order valence-electron chi connectivity index (χ4n) is 3.37. The van der Waals surface area contributed by atoms with E-state index in [-0.39, 0.29) is 0 Å². The normalized spacial score (nSPS) is 28.2. The average Bonchev–Trinajstić information content (AvgIpc) is 2.64. The summed E-state index contributed by atoms with van der Waals surface area (Å²) in [7, 11) is 4.40. The number of nitrogens with one attached hydrogen (secondary N) is 1. The quantitative estimate of drug-likeness (QED) is 0.857. The van der Waals surface area contributed by atoms with Gasteiger partial charge in [0.05, 0.1) is 0 Å². The molecule has 2 unspecified atom stereocenters. The van der Waals surface area contributed by atoms with E-state index in [1.54, 1.807) is 0 Å². The zero-order chi connectivity index (χ0) is 11.8. The van der Waals surface area contributed by atoms with E-state index < -0.39 is 0 Å². The van der Waals surface area contributed by atoms with Crippen molar-refractivity contribution >= 4 is 0 Å². The predicted molar refractivity (Wildman–Crippen MR) is 71.1 cm³/mol. The third-order valence-corrected chi connectivity index (χ3v) is 4.69. The molecule has 0 bridgehead atoms. The highest BCUT2D eigenvalue weighted by Gasteiger charge is 2.37. The van der Waals surface area contributed by atoms with E-state index >= 15 is 0 Å². The minimum Gasteiger partial charge on any atom is -0.312 e. The van der Waals surface area contributed by atoms with Crippen molar-refractivity contribution in [1.82, 2.24) is 10.2 Å². The van der Waals surface area contributed by atoms with Gasteiger partial charge in [-0.25, -0.2) is 0 Å². The smallest absolute Gasteiger partial charge is 0.0481 e. The van der Waals surface area contributed by atoms with Gasteiger partial charge in [0, 0.05) is 18.1 Å². The lowest BCUT2D eigenvalue weighted by Gasteiger charge is -2.41. The lowest BCUT2D eigenvalue weighted by Crippen LogP contribution is -2.48. The summed E-state index contributed by atoms with van der Waals surface area (Å²) in [4.78, 5) is 2.62. The van der Waals surface area contributed by atoms with Crippen molar-refractivity contribution in [2.24, 2.45) is 0 Å². The highest BCUT2D eigenvalue weighted by Crippen LogP contribution is 2.37. The van der Waals surface area contributed by atoms with Crippen molar-refractivity contribution in [3.05, 3.63) is 35.4 Å². The van der Waals surface area contributed by atoms with Crippen LogP contribution in [-0.4, -0.2) is 31.1 Å². The molecule has 0 aliphatic heterocycles. The molecule has 0 amide bonds. The number of rotatable bonds is 3. The van der Waals surface area contributed by atoms with Gasteiger partial charge in [0.25, 0.3) is 0 Å². The molecule has 0 aromatic heterocycles. The lowest BCUT2D eigenvalue weighted by atomic mass is 9.90. The highest BCUT2D eigenvalue weighted by atomic mass is 15.2. The molecular formula is C15H22N2. The number of hydrogen-bond donors (Lipinski definition) is 1. The molecule has 3 rings (SSSR count). The first-order valence-corrected chi connectivity index (χ1v) is 6.78. The minimum absolute atomic E-state index is 0.511. The molecule has 17 heavy (non-hydrogen) atoms. The summed E-state index contributed by atoms with van der Waals surface area (Å²) in [5.74, 6) is 0. The molecule has 0 saturated heterocycles. The van der Waals surface area contributed by atoms with Gasteiger partial charge in [0.1, 0.15) is 0 Å². The van der Waals surface area contributed by atoms with Gasteiger partial charge < -0.3 is 5.32 Å². The largest absolute Gasteiger partial charge is 0.312 e. The maximum absolute atomic E-state index is 3.51. The van der Waals surface area contributed by atoms with E-state index in [9.17, 15) is 0 Å². The molecule has 2 atom stereocenters. The Bertz CT molecular complexity index is 398. The summed E-state index contributed by atoms with van der Waals surface area (Å²) in [6.45, 7) is 0. The van der Waals surface area contributed by atoms with E-state index in [0.29, 0.717) is 12.1 Å². The zero-order valence-corrected chi connectivity index (χ0v) is 10.8. The van der Waals surface area contributed by atoms with Gasteiger partial charge in [0.15, 0.2) is 0 Å². The molecule has 1 aromatic carbocycles. The molecule has 0 radical (unpaired) electrons. The van der Waals surface area contributed by atoms with Crippen LogP contribution >= 0.6 is 0 Å². The Morgan fingerprint density at radius 1 is 1.24 bits per heavy atom. The van der Waals surface area contributed by atoms with Crippen molar-refractivity contribution in [2.45, 2.75) is 43.8 Å². The first-order valence-electron chi connectivity index (χ1n) is 6.78. The van der Waals surface area contributed by atoms with Crippen LogP contribution in [0.3, 0.4) is 0 Å². The van der Waals surface area contributed by atoms with Crippen molar-refractivity contribution in [3.8, 4) is 0 Å². The van der Waals surface area contributed by atoms with E-state index in [2.05, 4.69) is 48.6 Å². The second-order valence-corrected chi connectivity index (χ2v) is 5.49. The topological polar surface area (TPSA) is 15.3 Å². The van der Waals surface area contributed by atoms with Crippen LogP contribution in [0.25, 0.3) is 0 Å². The molecule has 1 fully saturated rings. The zero-order valence-electron chi connectivity index (χ0n) is 10.8. The molecule has 1 N–H and O–H groups in total. The third-order valence-electron chi connectivity index (χ3n) is 4.69. The maximum Gasteiger partial charge on any atom is 0.0481 e. The first kappa shape index (κ1) is 11.2. The molecule has 2 aliphatic rings. The number of likely N-dealkylation sites (N-methyl/N-ethyl adjacent to an activating group) is 2. The predicted octanol–water partition coefficient (Wildman–Crippen LogP) is 2.36. The van der Waals surface area contributed by atoms with Crippen LogP contribution < -0.4 is 5.32 Å². The molecule has 2 aliphatic carbocycles. The number of nitrogens with zero attached hydrogens (tertiary/aromatic N) is 1. The highest BCUT2D eigenvalue weighted by molar-refractivity contribution is 5.37. The molecule has 2 nitrogen and oxygen atoms in total. The standard InChI is InChI=1S/C15H22N2/c1-16-15-13-9-4-3-6-11(13)10-14(15)17(2)12-7-5-8-12/h3-4,6,9,12,14-16H,5,7-8,10H2,1-2H3. The SMILES string of the molecule is CNC1c2ccccc2CC1N(C)C1CCC1. The van der Waals surface area contributed by atoms with E-state index in [1.165, 1.54) is 36.8 Å². The fraction of sp³-hybridized carbons (Fsp3) is 0.600. The Morgan fingerprint density at radius 2 is 2.00 bits per heavy atom. The first-order chi connectivity index (χ1) is 8.31. The van der Waals surface area contributed by atoms with Crippen LogP contribution in [0, 0.1) is 0 Å². The lowest BCUT2D eigenvalue weighted by molar-refractivity contribution is 0.0951. The van der Waals surface area contributed by atoms with Crippen LogP contribution in [-0.2, 0) is 6.42 Å². The Labute approximate surface area is 104 Å². The monoisotopic (exact) mass is 230 g/mol. The molecule has 92 valence electrons. The molecular weight excluding hydrogens is 208 g/mol. The Morgan fingerprint density at radius 3 is 2.65 bits per heavy atom. The van der Waals surface area contributed by atoms with Gasteiger partial charge in [-0.1, -0.05) is 30.7 Å². The van der Waals surface area contributed by atoms with Crippen molar-refractivity contribution in [1.29, 1.82) is 0 Å². The van der Waals surface area contributed by atoms with Crippen molar-refractivity contribution < 1.29 is 0 Å². The van der Waals surface area contributed by atoms with Gasteiger partial charge in [-0.3, -0.25) is 4.90 Å². The third kappa shape index (κ3) is 1.80. The van der Waals surface area contributed by atoms with Crippen LogP contribution in [0.1, 0.15) is 36.4 Å². The Balaban J connectivity index is 1.83. The van der Waals surface area contributed by atoms with Crippen LogP contribution in [0.4, 0.5) is 0 Å². The fourth-order valence-corrected chi connectivity index (χ4v) is 3.37. The number of fused-ring (bicyclic) bond motifs is 1. The molecule has 2 heteroatoms. The molecule has 1 aromatic rings. The number of hydrogen-bond acceptors (Lipinski definition) is 2. The van der Waals surface area contributed by atoms with Gasteiger partial charge >= 0.3 is 0 Å². The molecule has 1 saturated carbocycles. The summed E-state index contributed by atoms with van der Waals surface area (Å²) in [5, 5.41) is 3.51. The van der Waals surface area contributed by atoms with Gasteiger partial charge in [0.2, 0.25) is 0 Å². The summed E-state index contributed by atoms with van der Waals surface area (Å²) >= 11 is 0. The number of benzene rings is 1. The Hall–Kier alpha value is -0.860. The summed E-state index contributed by atoms with van der Waals surface area (Å²) in [5.41, 5.74) is 3.04. The van der Waals surface area contributed by atoms with Gasteiger partial charge in [-0.2, -0.15) is 0 Å². The second kappa shape index (κ2) is 4.43. The van der Waals surface area contributed by atoms with E-state index in [1.807, 2.05) is 0 Å². The van der Waals surface area contributed by atoms with Crippen LogP contribution in [0.2, 0.25) is 0 Å². The summed E-state index contributed by atoms with van der Waals surface area (Å²) in [6.07, 6.45) is 5.40. The van der Waals surface area contributed by atoms with Crippen molar-refractivity contribution in [2.75, 3.05) is 14.1 Å². The molecule has 0 spiro atoms. The molecule has 0 heterocycles. The second-order valence-electron chi connectivity index (χ2n) is 5.49. The average molecular weight is 230 g/mol. The summed E-state index contributed by atoms with van der Waals surface area (Å²) in [6, 6.07) is 10.9. The maximum atomic E-state index is 3.51. The van der Waals surface area contributed by atoms with Gasteiger partial charge in [-0.05, 0) is 44.5 Å². The van der Waals surface area contributed by atoms with Crippen LogP contribution in [0.5, 0.6) is 0 Å². The minimum atomic E-state index is 0.511. The van der Waals surface area contributed by atoms with Crippen LogP contribution in [0.15, 0.2) is 24.3 Å². The van der Waals surface area contributed by atoms with E-state index in [0.717, 1.165) is 6.04 Å². The van der Waals surface area contributed by atoms with Crippen molar-refractivity contribution in [3.63, 3.8) is 0 Å². The Kier molecular flexibility index (Phi) is 2.93.